The number of carbonyl (C=O) groups is 3. The minimum absolute atomic E-state index is 0.0509. The van der Waals surface area contributed by atoms with E-state index in [-0.39, 0.29) is 11.6 Å². The predicted molar refractivity (Wildman–Crippen MR) is 162 cm³/mol. The van der Waals surface area contributed by atoms with Crippen molar-refractivity contribution in [1.82, 2.24) is 10.3 Å². The van der Waals surface area contributed by atoms with Crippen LogP contribution in [0.25, 0.3) is 6.08 Å². The van der Waals surface area contributed by atoms with Crippen LogP contribution in [0.1, 0.15) is 22.8 Å². The van der Waals surface area contributed by atoms with E-state index in [1.165, 1.54) is 17.8 Å². The van der Waals surface area contributed by atoms with Gasteiger partial charge in [0.15, 0.2) is 0 Å². The number of halogens is 2. The van der Waals surface area contributed by atoms with Gasteiger partial charge in [-0.1, -0.05) is 59.6 Å². The molecule has 0 aliphatic heterocycles. The summed E-state index contributed by atoms with van der Waals surface area (Å²) in [7, 11) is 0. The van der Waals surface area contributed by atoms with Crippen LogP contribution in [0.3, 0.4) is 0 Å². The lowest BCUT2D eigenvalue weighted by Crippen LogP contribution is -2.30. The summed E-state index contributed by atoms with van der Waals surface area (Å²) in [5.41, 5.74) is 1.19. The summed E-state index contributed by atoms with van der Waals surface area (Å²) >= 11 is 14.0. The first-order valence-electron chi connectivity index (χ1n) is 12.1. The lowest BCUT2D eigenvalue weighted by molar-refractivity contribution is -0.115. The average molecular weight is 592 g/mol. The summed E-state index contributed by atoms with van der Waals surface area (Å²) in [6.07, 6.45) is 3.04. The zero-order chi connectivity index (χ0) is 28.5. The second kappa shape index (κ2) is 13.8. The van der Waals surface area contributed by atoms with Crippen molar-refractivity contribution >= 4 is 70.3 Å². The topological polar surface area (TPSA) is 100 Å². The first-order valence-corrected chi connectivity index (χ1v) is 13.8. The Bertz CT molecular complexity index is 1530. The first-order chi connectivity index (χ1) is 19.3. The number of pyridine rings is 1. The third-order valence-electron chi connectivity index (χ3n) is 5.51. The first kappa shape index (κ1) is 28.9. The van der Waals surface area contributed by atoms with Crippen LogP contribution >= 0.6 is 35.0 Å². The van der Waals surface area contributed by atoms with Gasteiger partial charge in [-0.2, -0.15) is 0 Å². The smallest absolute Gasteiger partial charge is 0.272 e. The maximum Gasteiger partial charge on any atom is 0.272 e. The third-order valence-corrected chi connectivity index (χ3v) is 7.26. The average Bonchev–Trinajstić information content (AvgIpc) is 2.95. The van der Waals surface area contributed by atoms with Gasteiger partial charge in [-0.15, -0.1) is 11.8 Å². The van der Waals surface area contributed by atoms with Crippen LogP contribution in [-0.4, -0.2) is 28.0 Å². The SMILES string of the molecule is CC(Sc1cccc(NC(=O)/C(=C\c2c(Cl)cccc2Cl)NC(=O)c2ccccc2)c1)C(=O)Nc1ccccn1. The molecule has 202 valence electrons. The summed E-state index contributed by atoms with van der Waals surface area (Å²) in [5, 5.41) is 8.47. The minimum Gasteiger partial charge on any atom is -0.321 e. The Hall–Kier alpha value is -4.11. The number of nitrogens with zero attached hydrogens (tertiary/aromatic N) is 1. The summed E-state index contributed by atoms with van der Waals surface area (Å²) in [4.78, 5) is 43.8. The van der Waals surface area contributed by atoms with E-state index in [0.717, 1.165) is 4.90 Å². The highest BCUT2D eigenvalue weighted by atomic mass is 35.5. The molecule has 0 saturated carbocycles. The Labute approximate surface area is 246 Å². The quantitative estimate of drug-likeness (QED) is 0.145. The Balaban J connectivity index is 1.52. The molecule has 0 saturated heterocycles. The molecule has 0 radical (unpaired) electrons. The van der Waals surface area contributed by atoms with Gasteiger partial charge in [0.05, 0.1) is 5.25 Å². The molecule has 40 heavy (non-hydrogen) atoms. The number of aromatic nitrogens is 1. The second-order valence-electron chi connectivity index (χ2n) is 8.46. The molecule has 0 bridgehead atoms. The van der Waals surface area contributed by atoms with E-state index in [1.54, 1.807) is 98.0 Å². The Morgan fingerprint density at radius 3 is 2.25 bits per heavy atom. The van der Waals surface area contributed by atoms with Gasteiger partial charge in [-0.25, -0.2) is 4.98 Å². The van der Waals surface area contributed by atoms with Gasteiger partial charge in [-0.3, -0.25) is 14.4 Å². The second-order valence-corrected chi connectivity index (χ2v) is 10.7. The molecule has 1 unspecified atom stereocenters. The van der Waals surface area contributed by atoms with Gasteiger partial charge in [0.25, 0.3) is 11.8 Å². The zero-order valence-electron chi connectivity index (χ0n) is 21.2. The number of anilines is 2. The Morgan fingerprint density at radius 2 is 1.55 bits per heavy atom. The molecule has 0 fully saturated rings. The molecule has 10 heteroatoms. The van der Waals surface area contributed by atoms with Crippen molar-refractivity contribution in [3.8, 4) is 0 Å². The van der Waals surface area contributed by atoms with Crippen LogP contribution in [-0.2, 0) is 9.59 Å². The maximum absolute atomic E-state index is 13.4. The highest BCUT2D eigenvalue weighted by Gasteiger charge is 2.18. The minimum atomic E-state index is -0.580. The molecule has 4 aromatic rings. The monoisotopic (exact) mass is 590 g/mol. The van der Waals surface area contributed by atoms with E-state index in [4.69, 9.17) is 23.2 Å². The van der Waals surface area contributed by atoms with Crippen LogP contribution in [0.5, 0.6) is 0 Å². The number of amides is 3. The molecule has 3 N–H and O–H groups in total. The predicted octanol–water partition coefficient (Wildman–Crippen LogP) is 6.92. The van der Waals surface area contributed by atoms with E-state index in [9.17, 15) is 14.4 Å². The third kappa shape index (κ3) is 7.95. The van der Waals surface area contributed by atoms with E-state index in [0.29, 0.717) is 32.7 Å². The van der Waals surface area contributed by atoms with Gasteiger partial charge < -0.3 is 16.0 Å². The van der Waals surface area contributed by atoms with Crippen LogP contribution in [0.15, 0.2) is 108 Å². The normalized spacial score (nSPS) is 11.8. The van der Waals surface area contributed by atoms with Gasteiger partial charge >= 0.3 is 0 Å². The van der Waals surface area contributed by atoms with Crippen LogP contribution in [0, 0.1) is 0 Å². The number of hydrogen-bond acceptors (Lipinski definition) is 5. The number of carbonyl (C=O) groups excluding carboxylic acids is 3. The van der Waals surface area contributed by atoms with Gasteiger partial charge in [0, 0.05) is 38.0 Å². The van der Waals surface area contributed by atoms with Crippen molar-refractivity contribution < 1.29 is 14.4 Å². The molecule has 0 spiro atoms. The summed E-state index contributed by atoms with van der Waals surface area (Å²) in [5.74, 6) is -0.786. The molecule has 1 atom stereocenters. The largest absolute Gasteiger partial charge is 0.321 e. The lowest BCUT2D eigenvalue weighted by Gasteiger charge is -2.14. The summed E-state index contributed by atoms with van der Waals surface area (Å²) < 4.78 is 0. The number of benzene rings is 3. The Morgan fingerprint density at radius 1 is 0.850 bits per heavy atom. The van der Waals surface area contributed by atoms with E-state index in [1.807, 2.05) is 6.07 Å². The molecule has 1 aromatic heterocycles. The number of nitrogens with one attached hydrogen (secondary N) is 3. The van der Waals surface area contributed by atoms with Gasteiger partial charge in [0.2, 0.25) is 5.91 Å². The molecule has 7 nitrogen and oxygen atoms in total. The lowest BCUT2D eigenvalue weighted by atomic mass is 10.1. The van der Waals surface area contributed by atoms with Gasteiger partial charge in [0.1, 0.15) is 11.5 Å². The van der Waals surface area contributed by atoms with Crippen molar-refractivity contribution in [3.63, 3.8) is 0 Å². The van der Waals surface area contributed by atoms with Crippen molar-refractivity contribution in [3.05, 3.63) is 124 Å². The van der Waals surface area contributed by atoms with Crippen molar-refractivity contribution in [2.45, 2.75) is 17.1 Å². The fourth-order valence-electron chi connectivity index (χ4n) is 3.50. The zero-order valence-corrected chi connectivity index (χ0v) is 23.6. The van der Waals surface area contributed by atoms with E-state index < -0.39 is 17.1 Å². The number of rotatable bonds is 9. The molecular formula is C30H24Cl2N4O3S. The van der Waals surface area contributed by atoms with Gasteiger partial charge in [-0.05, 0) is 67.6 Å². The molecule has 3 amide bonds. The fourth-order valence-corrected chi connectivity index (χ4v) is 4.94. The highest BCUT2D eigenvalue weighted by Crippen LogP contribution is 2.28. The fraction of sp³-hybridized carbons (Fsp3) is 0.0667. The number of hydrogen-bond donors (Lipinski definition) is 3. The van der Waals surface area contributed by atoms with E-state index in [2.05, 4.69) is 20.9 Å². The van der Waals surface area contributed by atoms with E-state index >= 15 is 0 Å². The Kier molecular flexibility index (Phi) is 9.96. The molecule has 1 heterocycles. The highest BCUT2D eigenvalue weighted by molar-refractivity contribution is 8.00. The van der Waals surface area contributed by atoms with Crippen LogP contribution in [0.2, 0.25) is 10.0 Å². The molecule has 0 aliphatic carbocycles. The maximum atomic E-state index is 13.4. The van der Waals surface area contributed by atoms with Crippen molar-refractivity contribution in [1.29, 1.82) is 0 Å². The molecule has 0 aliphatic rings. The van der Waals surface area contributed by atoms with Crippen LogP contribution in [0.4, 0.5) is 11.5 Å². The van der Waals surface area contributed by atoms with Crippen LogP contribution < -0.4 is 16.0 Å². The summed E-state index contributed by atoms with van der Waals surface area (Å²) in [6.45, 7) is 1.78. The molecule has 3 aromatic carbocycles. The molecule has 4 rings (SSSR count). The standard InChI is InChI=1S/C30H24Cl2N4O3S/c1-19(28(37)36-27-15-5-6-16-33-27)40-22-12-7-11-21(17-22)34-30(39)26(18-23-24(31)13-8-14-25(23)32)35-29(38)20-9-3-2-4-10-20/h2-19H,1H3,(H,34,39)(H,35,38)(H,33,36,37)/b26-18+. The number of thioether (sulfide) groups is 1. The van der Waals surface area contributed by atoms with Crippen molar-refractivity contribution in [2.75, 3.05) is 10.6 Å². The van der Waals surface area contributed by atoms with Crippen molar-refractivity contribution in [2.24, 2.45) is 0 Å². The summed E-state index contributed by atoms with van der Waals surface area (Å²) in [6, 6.07) is 25.8. The molecular weight excluding hydrogens is 567 g/mol.